The Hall–Kier alpha value is -2.07. The third-order valence-electron chi connectivity index (χ3n) is 3.58. The van der Waals surface area contributed by atoms with Crippen molar-refractivity contribution in [3.8, 4) is 11.5 Å². The Balaban J connectivity index is 1.96. The van der Waals surface area contributed by atoms with Gasteiger partial charge in [0.25, 0.3) is 0 Å². The molecule has 0 saturated heterocycles. The van der Waals surface area contributed by atoms with Crippen LogP contribution < -0.4 is 10.5 Å². The monoisotopic (exact) mass is 273 g/mol. The minimum Gasteiger partial charge on any atom is -0.508 e. The van der Waals surface area contributed by atoms with E-state index < -0.39 is 5.82 Å². The summed E-state index contributed by atoms with van der Waals surface area (Å²) < 4.78 is 19.3. The van der Waals surface area contributed by atoms with Gasteiger partial charge in [-0.25, -0.2) is 4.39 Å². The first-order chi connectivity index (χ1) is 9.52. The molecule has 0 aliphatic carbocycles. The minimum atomic E-state index is -0.480. The summed E-state index contributed by atoms with van der Waals surface area (Å²) in [6.07, 6.45) is 0.209. The van der Waals surface area contributed by atoms with Gasteiger partial charge in [-0.3, -0.25) is 0 Å². The van der Waals surface area contributed by atoms with Gasteiger partial charge in [0.1, 0.15) is 23.4 Å². The van der Waals surface area contributed by atoms with Gasteiger partial charge in [0, 0.05) is 24.1 Å². The number of aryl methyl sites for hydroxylation is 1. The van der Waals surface area contributed by atoms with Crippen molar-refractivity contribution >= 4 is 0 Å². The van der Waals surface area contributed by atoms with Gasteiger partial charge in [0.05, 0.1) is 0 Å². The zero-order chi connectivity index (χ0) is 14.3. The van der Waals surface area contributed by atoms with E-state index in [-0.39, 0.29) is 17.9 Å². The van der Waals surface area contributed by atoms with Crippen molar-refractivity contribution in [2.24, 2.45) is 5.73 Å². The van der Waals surface area contributed by atoms with Crippen LogP contribution >= 0.6 is 0 Å². The number of hydrogen-bond donors (Lipinski definition) is 2. The van der Waals surface area contributed by atoms with E-state index in [0.717, 1.165) is 22.9 Å². The number of nitrogens with two attached hydrogens (primary N) is 1. The molecule has 4 heteroatoms. The van der Waals surface area contributed by atoms with Crippen molar-refractivity contribution in [3.63, 3.8) is 0 Å². The molecule has 0 spiro atoms. The van der Waals surface area contributed by atoms with Gasteiger partial charge in [-0.15, -0.1) is 0 Å². The summed E-state index contributed by atoms with van der Waals surface area (Å²) in [4.78, 5) is 0. The van der Waals surface area contributed by atoms with Gasteiger partial charge < -0.3 is 15.6 Å². The molecular formula is C16H16FNO2. The maximum atomic E-state index is 13.4. The van der Waals surface area contributed by atoms with E-state index in [1.165, 1.54) is 12.1 Å². The second kappa shape index (κ2) is 4.80. The molecule has 0 bridgehead atoms. The number of benzene rings is 2. The fourth-order valence-electron chi connectivity index (χ4n) is 2.61. The lowest BCUT2D eigenvalue weighted by Gasteiger charge is -2.31. The minimum absolute atomic E-state index is 0.105. The number of phenols is 1. The summed E-state index contributed by atoms with van der Waals surface area (Å²) in [5.41, 5.74) is 8.89. The van der Waals surface area contributed by atoms with E-state index >= 15 is 0 Å². The van der Waals surface area contributed by atoms with Gasteiger partial charge >= 0.3 is 0 Å². The van der Waals surface area contributed by atoms with Crippen LogP contribution in [0.2, 0.25) is 0 Å². The number of fused-ring (bicyclic) bond motifs is 1. The highest BCUT2D eigenvalue weighted by Gasteiger charge is 2.27. The summed E-state index contributed by atoms with van der Waals surface area (Å²) >= 11 is 0. The van der Waals surface area contributed by atoms with E-state index in [4.69, 9.17) is 10.5 Å². The zero-order valence-electron chi connectivity index (χ0n) is 11.1. The Bertz CT molecular complexity index is 637. The maximum Gasteiger partial charge on any atom is 0.127 e. The van der Waals surface area contributed by atoms with Crippen molar-refractivity contribution in [2.45, 2.75) is 25.5 Å². The molecule has 0 radical (unpaired) electrons. The second-order valence-corrected chi connectivity index (χ2v) is 5.23. The van der Waals surface area contributed by atoms with Crippen LogP contribution in [0.25, 0.3) is 0 Å². The number of hydrogen-bond acceptors (Lipinski definition) is 3. The molecule has 1 aliphatic rings. The number of ether oxygens (including phenoxy) is 1. The standard InChI is InChI=1S/C16H16FNO2/c1-9-2-3-15-13(4-9)14(18)8-16(20-15)10-5-11(17)7-12(19)6-10/h2-7,14,16,19H,8,18H2,1H3/t14-,16?/m0/s1. The molecule has 2 atom stereocenters. The van der Waals surface area contributed by atoms with Crippen LogP contribution in [0, 0.1) is 12.7 Å². The second-order valence-electron chi connectivity index (χ2n) is 5.23. The summed E-state index contributed by atoms with van der Waals surface area (Å²) in [6.45, 7) is 2.00. The molecule has 1 aliphatic heterocycles. The summed E-state index contributed by atoms with van der Waals surface area (Å²) in [5.74, 6) is 0.141. The SMILES string of the molecule is Cc1ccc2c(c1)[C@@H](N)CC(c1cc(O)cc(F)c1)O2. The lowest BCUT2D eigenvalue weighted by atomic mass is 9.92. The van der Waals surface area contributed by atoms with Crippen molar-refractivity contribution < 1.29 is 14.2 Å². The van der Waals surface area contributed by atoms with Crippen LogP contribution in [0.15, 0.2) is 36.4 Å². The van der Waals surface area contributed by atoms with Crippen LogP contribution in [0.1, 0.15) is 35.3 Å². The molecule has 3 nitrogen and oxygen atoms in total. The molecule has 1 heterocycles. The predicted molar refractivity (Wildman–Crippen MR) is 74.2 cm³/mol. The highest BCUT2D eigenvalue weighted by Crippen LogP contribution is 2.40. The molecule has 2 aromatic carbocycles. The first-order valence-electron chi connectivity index (χ1n) is 6.55. The molecule has 1 unspecified atom stereocenters. The van der Waals surface area contributed by atoms with Crippen LogP contribution in [-0.2, 0) is 0 Å². The summed E-state index contributed by atoms with van der Waals surface area (Å²) in [6, 6.07) is 9.65. The van der Waals surface area contributed by atoms with Gasteiger partial charge in [-0.2, -0.15) is 0 Å². The highest BCUT2D eigenvalue weighted by molar-refractivity contribution is 5.42. The normalized spacial score (nSPS) is 21.1. The highest BCUT2D eigenvalue weighted by atomic mass is 19.1. The van der Waals surface area contributed by atoms with E-state index in [0.29, 0.717) is 12.0 Å². The van der Waals surface area contributed by atoms with E-state index in [9.17, 15) is 9.50 Å². The Morgan fingerprint density at radius 3 is 2.80 bits per heavy atom. The van der Waals surface area contributed by atoms with Crippen LogP contribution in [0.3, 0.4) is 0 Å². The van der Waals surface area contributed by atoms with Gasteiger partial charge in [0.15, 0.2) is 0 Å². The van der Waals surface area contributed by atoms with Gasteiger partial charge in [-0.1, -0.05) is 17.7 Å². The molecule has 104 valence electrons. The molecule has 0 fully saturated rings. The van der Waals surface area contributed by atoms with Crippen LogP contribution in [-0.4, -0.2) is 5.11 Å². The largest absolute Gasteiger partial charge is 0.508 e. The van der Waals surface area contributed by atoms with Gasteiger partial charge in [-0.05, 0) is 30.7 Å². The summed E-state index contributed by atoms with van der Waals surface area (Å²) in [5, 5.41) is 9.50. The Morgan fingerprint density at radius 2 is 2.05 bits per heavy atom. The fraction of sp³-hybridized carbons (Fsp3) is 0.250. The lowest BCUT2D eigenvalue weighted by Crippen LogP contribution is -2.24. The lowest BCUT2D eigenvalue weighted by molar-refractivity contribution is 0.161. The zero-order valence-corrected chi connectivity index (χ0v) is 11.1. The maximum absolute atomic E-state index is 13.4. The third-order valence-corrected chi connectivity index (χ3v) is 3.58. The van der Waals surface area contributed by atoms with E-state index in [2.05, 4.69) is 0 Å². The molecule has 0 aromatic heterocycles. The summed E-state index contributed by atoms with van der Waals surface area (Å²) in [7, 11) is 0. The average molecular weight is 273 g/mol. The number of aromatic hydroxyl groups is 1. The first kappa shape index (κ1) is 12.9. The van der Waals surface area contributed by atoms with E-state index in [1.807, 2.05) is 25.1 Å². The molecular weight excluding hydrogens is 257 g/mol. The Labute approximate surface area is 116 Å². The van der Waals surface area contributed by atoms with Gasteiger partial charge in [0.2, 0.25) is 0 Å². The molecule has 0 saturated carbocycles. The Morgan fingerprint density at radius 1 is 1.25 bits per heavy atom. The van der Waals surface area contributed by atoms with Crippen molar-refractivity contribution in [3.05, 3.63) is 58.9 Å². The fourth-order valence-corrected chi connectivity index (χ4v) is 2.61. The molecule has 0 amide bonds. The van der Waals surface area contributed by atoms with Crippen molar-refractivity contribution in [2.75, 3.05) is 0 Å². The molecule has 20 heavy (non-hydrogen) atoms. The average Bonchev–Trinajstić information content (AvgIpc) is 2.38. The van der Waals surface area contributed by atoms with Crippen molar-refractivity contribution in [1.82, 2.24) is 0 Å². The number of halogens is 1. The first-order valence-corrected chi connectivity index (χ1v) is 6.55. The van der Waals surface area contributed by atoms with Crippen molar-refractivity contribution in [1.29, 1.82) is 0 Å². The van der Waals surface area contributed by atoms with Crippen LogP contribution in [0.4, 0.5) is 4.39 Å². The molecule has 3 N–H and O–H groups in total. The van der Waals surface area contributed by atoms with Crippen LogP contribution in [0.5, 0.6) is 11.5 Å². The molecule has 3 rings (SSSR count). The smallest absolute Gasteiger partial charge is 0.127 e. The number of phenolic OH excluding ortho intramolecular Hbond substituents is 1. The molecule has 2 aromatic rings. The number of rotatable bonds is 1. The Kier molecular flexibility index (Phi) is 3.10. The van der Waals surface area contributed by atoms with E-state index in [1.54, 1.807) is 0 Å². The quantitative estimate of drug-likeness (QED) is 0.837. The topological polar surface area (TPSA) is 55.5 Å². The third kappa shape index (κ3) is 2.34. The predicted octanol–water partition coefficient (Wildman–Crippen LogP) is 3.36.